The number of anilines is 1. The lowest BCUT2D eigenvalue weighted by Crippen LogP contribution is -2.20. The molecule has 1 aliphatic carbocycles. The summed E-state index contributed by atoms with van der Waals surface area (Å²) >= 11 is 0. The molecule has 2 aromatic rings. The molecule has 0 spiro atoms. The first kappa shape index (κ1) is 15.3. The Hall–Kier alpha value is -2.64. The fourth-order valence-electron chi connectivity index (χ4n) is 2.79. The molecule has 0 aromatic carbocycles. The number of fused-ring (bicyclic) bond motifs is 1. The second kappa shape index (κ2) is 5.86. The predicted molar refractivity (Wildman–Crippen MR) is 82.1 cm³/mol. The maximum Gasteiger partial charge on any atom is 0.278 e. The molecular formula is C15H19N5O3. The van der Waals surface area contributed by atoms with Crippen molar-refractivity contribution in [1.82, 2.24) is 14.9 Å². The Bertz CT molecular complexity index is 761. The number of aromatic nitrogens is 3. The molecule has 1 atom stereocenters. The van der Waals surface area contributed by atoms with Crippen LogP contribution in [0.3, 0.4) is 0 Å². The number of hydrogen-bond donors (Lipinski definition) is 2. The van der Waals surface area contributed by atoms with Gasteiger partial charge < -0.3 is 15.6 Å². The summed E-state index contributed by atoms with van der Waals surface area (Å²) in [5.74, 6) is 0.149. The number of hydrogen-bond acceptors (Lipinski definition) is 5. The third-order valence-corrected chi connectivity index (χ3v) is 4.07. The van der Waals surface area contributed by atoms with Gasteiger partial charge in [0.1, 0.15) is 5.76 Å². The van der Waals surface area contributed by atoms with E-state index in [-0.39, 0.29) is 17.1 Å². The van der Waals surface area contributed by atoms with E-state index in [9.17, 15) is 9.59 Å². The van der Waals surface area contributed by atoms with Crippen LogP contribution in [-0.2, 0) is 19.4 Å². The lowest BCUT2D eigenvalue weighted by Gasteiger charge is -2.16. The van der Waals surface area contributed by atoms with Crippen molar-refractivity contribution in [2.45, 2.75) is 39.7 Å². The van der Waals surface area contributed by atoms with E-state index in [2.05, 4.69) is 22.5 Å². The van der Waals surface area contributed by atoms with Crippen LogP contribution in [0.2, 0.25) is 0 Å². The molecule has 0 bridgehead atoms. The van der Waals surface area contributed by atoms with Crippen molar-refractivity contribution in [1.29, 1.82) is 0 Å². The fourth-order valence-corrected chi connectivity index (χ4v) is 2.79. The topological polar surface area (TPSA) is 116 Å². The van der Waals surface area contributed by atoms with Crippen LogP contribution in [-0.4, -0.2) is 26.8 Å². The van der Waals surface area contributed by atoms with E-state index in [1.165, 1.54) is 4.68 Å². The van der Waals surface area contributed by atoms with Gasteiger partial charge in [0, 0.05) is 24.7 Å². The first-order valence-electron chi connectivity index (χ1n) is 7.65. The average molecular weight is 317 g/mol. The second-order valence-electron chi connectivity index (χ2n) is 5.85. The summed E-state index contributed by atoms with van der Waals surface area (Å²) in [5, 5.41) is 10.6. The Balaban J connectivity index is 1.87. The molecule has 2 aromatic heterocycles. The van der Waals surface area contributed by atoms with Crippen LogP contribution in [0.15, 0.2) is 10.7 Å². The van der Waals surface area contributed by atoms with E-state index >= 15 is 0 Å². The molecule has 2 heterocycles. The van der Waals surface area contributed by atoms with Gasteiger partial charge in [-0.2, -0.15) is 5.10 Å². The molecule has 3 N–H and O–H groups in total. The zero-order valence-electron chi connectivity index (χ0n) is 13.1. The van der Waals surface area contributed by atoms with Crippen LogP contribution in [0.5, 0.6) is 0 Å². The second-order valence-corrected chi connectivity index (χ2v) is 5.85. The van der Waals surface area contributed by atoms with Gasteiger partial charge in [-0.05, 0) is 25.7 Å². The highest BCUT2D eigenvalue weighted by Crippen LogP contribution is 2.28. The minimum atomic E-state index is -0.691. The van der Waals surface area contributed by atoms with Gasteiger partial charge >= 0.3 is 0 Å². The van der Waals surface area contributed by atoms with Crippen molar-refractivity contribution in [3.8, 4) is 0 Å². The molecule has 23 heavy (non-hydrogen) atoms. The van der Waals surface area contributed by atoms with Gasteiger partial charge in [-0.25, -0.2) is 0 Å². The SMILES string of the molecule is CCn1cc(NC(=O)c2noc3c2C[C@@H](C)CC3)c(C(N)=O)n1. The summed E-state index contributed by atoms with van der Waals surface area (Å²) in [6, 6.07) is 0. The molecule has 0 aliphatic heterocycles. The Morgan fingerprint density at radius 1 is 1.48 bits per heavy atom. The van der Waals surface area contributed by atoms with Crippen molar-refractivity contribution in [2.24, 2.45) is 11.7 Å². The van der Waals surface area contributed by atoms with E-state index in [4.69, 9.17) is 10.3 Å². The summed E-state index contributed by atoms with van der Waals surface area (Å²) in [4.78, 5) is 24.0. The van der Waals surface area contributed by atoms with E-state index in [1.54, 1.807) is 6.20 Å². The standard InChI is InChI=1S/C15H19N5O3/c1-3-20-7-10(13(18-20)14(16)21)17-15(22)12-9-6-8(2)4-5-11(9)23-19-12/h7-8H,3-6H2,1-2H3,(H2,16,21)(H,17,22)/t8-/m0/s1. The molecule has 1 aliphatic rings. The maximum atomic E-state index is 12.5. The molecule has 0 radical (unpaired) electrons. The Morgan fingerprint density at radius 2 is 2.26 bits per heavy atom. The van der Waals surface area contributed by atoms with Gasteiger partial charge in [-0.15, -0.1) is 0 Å². The molecule has 122 valence electrons. The number of rotatable bonds is 4. The number of carbonyl (C=O) groups excluding carboxylic acids is 2. The van der Waals surface area contributed by atoms with Crippen molar-refractivity contribution >= 4 is 17.5 Å². The van der Waals surface area contributed by atoms with E-state index in [0.717, 1.165) is 30.6 Å². The first-order chi connectivity index (χ1) is 11.0. The fraction of sp³-hybridized carbons (Fsp3) is 0.467. The number of nitrogens with one attached hydrogen (secondary N) is 1. The highest BCUT2D eigenvalue weighted by atomic mass is 16.5. The highest BCUT2D eigenvalue weighted by molar-refractivity contribution is 6.07. The quantitative estimate of drug-likeness (QED) is 0.883. The van der Waals surface area contributed by atoms with Crippen molar-refractivity contribution in [2.75, 3.05) is 5.32 Å². The van der Waals surface area contributed by atoms with Gasteiger partial charge in [0.25, 0.3) is 11.8 Å². The number of nitrogens with zero attached hydrogens (tertiary/aromatic N) is 3. The van der Waals surface area contributed by atoms with Gasteiger partial charge in [-0.1, -0.05) is 12.1 Å². The zero-order chi connectivity index (χ0) is 16.6. The number of nitrogens with two attached hydrogens (primary N) is 1. The van der Waals surface area contributed by atoms with Crippen molar-refractivity contribution in [3.63, 3.8) is 0 Å². The molecular weight excluding hydrogens is 298 g/mol. The predicted octanol–water partition coefficient (Wildman–Crippen LogP) is 1.37. The van der Waals surface area contributed by atoms with Crippen molar-refractivity contribution < 1.29 is 14.1 Å². The van der Waals surface area contributed by atoms with Gasteiger partial charge in [0.05, 0.1) is 5.69 Å². The Kier molecular flexibility index (Phi) is 3.89. The molecule has 8 nitrogen and oxygen atoms in total. The van der Waals surface area contributed by atoms with Crippen LogP contribution in [0.1, 0.15) is 52.6 Å². The summed E-state index contributed by atoms with van der Waals surface area (Å²) < 4.78 is 6.81. The number of aryl methyl sites for hydroxylation is 2. The Morgan fingerprint density at radius 3 is 2.96 bits per heavy atom. The summed E-state index contributed by atoms with van der Waals surface area (Å²) in [6.45, 7) is 4.57. The normalized spacial score (nSPS) is 16.9. The minimum Gasteiger partial charge on any atom is -0.364 e. The molecule has 0 unspecified atom stereocenters. The number of amides is 2. The van der Waals surface area contributed by atoms with Crippen molar-refractivity contribution in [3.05, 3.63) is 28.9 Å². The average Bonchev–Trinajstić information content (AvgIpc) is 3.10. The van der Waals surface area contributed by atoms with Gasteiger partial charge in [-0.3, -0.25) is 14.3 Å². The highest BCUT2D eigenvalue weighted by Gasteiger charge is 2.28. The first-order valence-corrected chi connectivity index (χ1v) is 7.65. The zero-order valence-corrected chi connectivity index (χ0v) is 13.1. The van der Waals surface area contributed by atoms with E-state index < -0.39 is 11.8 Å². The third kappa shape index (κ3) is 2.84. The summed E-state index contributed by atoms with van der Waals surface area (Å²) in [5.41, 5.74) is 6.74. The van der Waals surface area contributed by atoms with Crippen LogP contribution in [0, 0.1) is 5.92 Å². The molecule has 0 fully saturated rings. The number of primary amides is 1. The van der Waals surface area contributed by atoms with Crippen LogP contribution < -0.4 is 11.1 Å². The maximum absolute atomic E-state index is 12.5. The lowest BCUT2D eigenvalue weighted by molar-refractivity contribution is 0.0995. The van der Waals surface area contributed by atoms with Gasteiger partial charge in [0.15, 0.2) is 11.4 Å². The molecule has 2 amide bonds. The monoisotopic (exact) mass is 317 g/mol. The summed E-state index contributed by atoms with van der Waals surface area (Å²) in [6.07, 6.45) is 4.15. The van der Waals surface area contributed by atoms with E-state index in [1.807, 2.05) is 6.92 Å². The van der Waals surface area contributed by atoms with Gasteiger partial charge in [0.2, 0.25) is 0 Å². The molecule has 8 heteroatoms. The summed E-state index contributed by atoms with van der Waals surface area (Å²) in [7, 11) is 0. The molecule has 3 rings (SSSR count). The molecule has 0 saturated carbocycles. The Labute approximate surface area is 133 Å². The number of carbonyl (C=O) groups is 2. The largest absolute Gasteiger partial charge is 0.364 e. The van der Waals surface area contributed by atoms with Crippen LogP contribution in [0.25, 0.3) is 0 Å². The lowest BCUT2D eigenvalue weighted by atomic mass is 9.88. The van der Waals surface area contributed by atoms with E-state index in [0.29, 0.717) is 12.5 Å². The van der Waals surface area contributed by atoms with Crippen LogP contribution >= 0.6 is 0 Å². The minimum absolute atomic E-state index is 0.0333. The third-order valence-electron chi connectivity index (χ3n) is 4.07. The molecule has 0 saturated heterocycles. The van der Waals surface area contributed by atoms with Crippen LogP contribution in [0.4, 0.5) is 5.69 Å². The smallest absolute Gasteiger partial charge is 0.278 e.